The van der Waals surface area contributed by atoms with Crippen molar-refractivity contribution in [2.75, 3.05) is 37.8 Å². The lowest BCUT2D eigenvalue weighted by molar-refractivity contribution is 0.314. The molecule has 0 aliphatic carbocycles. The van der Waals surface area contributed by atoms with Crippen molar-refractivity contribution in [2.45, 2.75) is 39.0 Å². The van der Waals surface area contributed by atoms with E-state index in [-0.39, 0.29) is 12.1 Å². The van der Waals surface area contributed by atoms with Crippen molar-refractivity contribution in [2.24, 2.45) is 0 Å². The van der Waals surface area contributed by atoms with Gasteiger partial charge in [-0.2, -0.15) is 4.98 Å². The summed E-state index contributed by atoms with van der Waals surface area (Å²) in [5, 5.41) is 10.9. The normalized spacial score (nSPS) is 19.5. The first kappa shape index (κ1) is 20.6. The molecule has 2 N–H and O–H groups in total. The van der Waals surface area contributed by atoms with Crippen molar-refractivity contribution in [3.8, 4) is 11.3 Å². The SMILES string of the molecule is CNc1nc(N[C@H]2CN(C)C[C@H]2F)nn2ccc(-c3ccc4nc(C)n(C(C)C)c4n3)c12. The fourth-order valence-corrected chi connectivity index (χ4v) is 4.57. The van der Waals surface area contributed by atoms with Gasteiger partial charge < -0.3 is 20.1 Å². The Morgan fingerprint density at radius 2 is 1.94 bits per heavy atom. The molecule has 168 valence electrons. The fraction of sp³-hybridized carbons (Fsp3) is 0.455. The first-order valence-electron chi connectivity index (χ1n) is 10.9. The monoisotopic (exact) mass is 437 g/mol. The van der Waals surface area contributed by atoms with Crippen molar-refractivity contribution in [1.82, 2.24) is 34.0 Å². The van der Waals surface area contributed by atoms with E-state index in [0.29, 0.717) is 24.9 Å². The number of nitrogens with one attached hydrogen (secondary N) is 2. The number of aromatic nitrogens is 6. The van der Waals surface area contributed by atoms with Crippen LogP contribution >= 0.6 is 0 Å². The number of aryl methyl sites for hydroxylation is 1. The van der Waals surface area contributed by atoms with E-state index in [0.717, 1.165) is 33.8 Å². The highest BCUT2D eigenvalue weighted by atomic mass is 19.1. The number of nitrogens with zero attached hydrogens (tertiary/aromatic N) is 7. The maximum absolute atomic E-state index is 14.3. The van der Waals surface area contributed by atoms with E-state index in [9.17, 15) is 4.39 Å². The molecule has 5 heterocycles. The van der Waals surface area contributed by atoms with E-state index < -0.39 is 6.17 Å². The molecule has 5 rings (SSSR count). The lowest BCUT2D eigenvalue weighted by Gasteiger charge is -2.16. The van der Waals surface area contributed by atoms with Crippen LogP contribution in [-0.2, 0) is 0 Å². The third-order valence-electron chi connectivity index (χ3n) is 6.00. The average molecular weight is 438 g/mol. The summed E-state index contributed by atoms with van der Waals surface area (Å²) < 4.78 is 18.2. The van der Waals surface area contributed by atoms with Crippen LogP contribution < -0.4 is 10.6 Å². The molecule has 9 nitrogen and oxygen atoms in total. The molecule has 10 heteroatoms. The Hall–Kier alpha value is -3.27. The number of anilines is 2. The van der Waals surface area contributed by atoms with Crippen LogP contribution in [0.5, 0.6) is 0 Å². The molecule has 32 heavy (non-hydrogen) atoms. The number of hydrogen-bond acceptors (Lipinski definition) is 7. The van der Waals surface area contributed by atoms with E-state index in [1.54, 1.807) is 4.52 Å². The van der Waals surface area contributed by atoms with Crippen molar-refractivity contribution in [3.05, 3.63) is 30.2 Å². The van der Waals surface area contributed by atoms with Gasteiger partial charge in [-0.05, 0) is 46.0 Å². The number of likely N-dealkylation sites (tertiary alicyclic amines) is 1. The second kappa shape index (κ2) is 7.70. The van der Waals surface area contributed by atoms with E-state index >= 15 is 0 Å². The average Bonchev–Trinajstić information content (AvgIpc) is 3.40. The molecule has 4 aromatic rings. The second-order valence-corrected chi connectivity index (χ2v) is 8.71. The van der Waals surface area contributed by atoms with Gasteiger partial charge in [0.15, 0.2) is 11.5 Å². The van der Waals surface area contributed by atoms with Crippen LogP contribution in [0.15, 0.2) is 24.4 Å². The summed E-state index contributed by atoms with van der Waals surface area (Å²) in [5.41, 5.74) is 4.30. The van der Waals surface area contributed by atoms with Crippen LogP contribution in [0.3, 0.4) is 0 Å². The van der Waals surface area contributed by atoms with Gasteiger partial charge in [0.2, 0.25) is 5.95 Å². The summed E-state index contributed by atoms with van der Waals surface area (Å²) in [7, 11) is 3.73. The predicted octanol–water partition coefficient (Wildman–Crippen LogP) is 3.14. The lowest BCUT2D eigenvalue weighted by Crippen LogP contribution is -2.30. The zero-order valence-corrected chi connectivity index (χ0v) is 19.0. The van der Waals surface area contributed by atoms with Gasteiger partial charge in [-0.15, -0.1) is 5.10 Å². The third-order valence-corrected chi connectivity index (χ3v) is 6.00. The fourth-order valence-electron chi connectivity index (χ4n) is 4.57. The van der Waals surface area contributed by atoms with Gasteiger partial charge in [0.05, 0.1) is 11.7 Å². The summed E-state index contributed by atoms with van der Waals surface area (Å²) in [5.74, 6) is 1.99. The summed E-state index contributed by atoms with van der Waals surface area (Å²) in [6, 6.07) is 5.88. The molecule has 0 bridgehead atoms. The molecule has 4 aromatic heterocycles. The van der Waals surface area contributed by atoms with Crippen LogP contribution in [-0.4, -0.2) is 73.4 Å². The number of hydrogen-bond donors (Lipinski definition) is 2. The summed E-state index contributed by atoms with van der Waals surface area (Å²) in [4.78, 5) is 16.2. The summed E-state index contributed by atoms with van der Waals surface area (Å²) in [6.07, 6.45) is 0.922. The third kappa shape index (κ3) is 3.35. The van der Waals surface area contributed by atoms with E-state index in [1.165, 1.54) is 0 Å². The Morgan fingerprint density at radius 3 is 2.62 bits per heavy atom. The van der Waals surface area contributed by atoms with Gasteiger partial charge in [0, 0.05) is 37.9 Å². The number of alkyl halides is 1. The molecular weight excluding hydrogens is 409 g/mol. The van der Waals surface area contributed by atoms with Crippen LogP contribution in [0.1, 0.15) is 25.7 Å². The van der Waals surface area contributed by atoms with E-state index in [4.69, 9.17) is 4.98 Å². The minimum absolute atomic E-state index is 0.257. The maximum Gasteiger partial charge on any atom is 0.243 e. The highest BCUT2D eigenvalue weighted by Gasteiger charge is 2.31. The molecule has 1 aliphatic rings. The molecule has 2 atom stereocenters. The first-order chi connectivity index (χ1) is 15.4. The van der Waals surface area contributed by atoms with Gasteiger partial charge in [0.25, 0.3) is 0 Å². The lowest BCUT2D eigenvalue weighted by atomic mass is 10.2. The van der Waals surface area contributed by atoms with Crippen LogP contribution in [0.2, 0.25) is 0 Å². The molecule has 0 radical (unpaired) electrons. The standard InChI is InChI=1S/C22H28FN9/c1-12(2)32-13(3)25-17-7-6-16(26-21(17)32)14-8-9-31-19(14)20(24-4)28-22(29-31)27-18-11-30(5)10-15(18)23/h6-9,12,15,18H,10-11H2,1-5H3,(H2,24,27,28,29)/t15-,18+/m1/s1. The van der Waals surface area contributed by atoms with Crippen LogP contribution in [0.4, 0.5) is 16.2 Å². The number of fused-ring (bicyclic) bond motifs is 2. The Kier molecular flexibility index (Phi) is 4.96. The van der Waals surface area contributed by atoms with Gasteiger partial charge in [-0.1, -0.05) is 0 Å². The largest absolute Gasteiger partial charge is 0.371 e. The molecule has 0 unspecified atom stereocenters. The molecule has 1 saturated heterocycles. The number of pyridine rings is 1. The Bertz CT molecular complexity index is 1290. The molecule has 0 aromatic carbocycles. The zero-order valence-electron chi connectivity index (χ0n) is 19.0. The highest BCUT2D eigenvalue weighted by molar-refractivity contribution is 5.89. The number of halogens is 1. The van der Waals surface area contributed by atoms with Gasteiger partial charge in [0.1, 0.15) is 23.0 Å². The smallest absolute Gasteiger partial charge is 0.243 e. The molecule has 0 spiro atoms. The summed E-state index contributed by atoms with van der Waals surface area (Å²) in [6.45, 7) is 7.28. The molecule has 1 fully saturated rings. The zero-order chi connectivity index (χ0) is 22.6. The molecule has 1 aliphatic heterocycles. The number of likely N-dealkylation sites (N-methyl/N-ethyl adjacent to an activating group) is 1. The quantitative estimate of drug-likeness (QED) is 0.496. The Morgan fingerprint density at radius 1 is 1.12 bits per heavy atom. The minimum atomic E-state index is -0.956. The maximum atomic E-state index is 14.3. The van der Waals surface area contributed by atoms with Gasteiger partial charge >= 0.3 is 0 Å². The van der Waals surface area contributed by atoms with Crippen molar-refractivity contribution >= 4 is 28.4 Å². The van der Waals surface area contributed by atoms with Gasteiger partial charge in [-0.3, -0.25) is 0 Å². The first-order valence-corrected chi connectivity index (χ1v) is 10.9. The minimum Gasteiger partial charge on any atom is -0.371 e. The molecule has 0 saturated carbocycles. The topological polar surface area (TPSA) is 88.2 Å². The Balaban J connectivity index is 1.58. The Labute approximate surface area is 185 Å². The van der Waals surface area contributed by atoms with Gasteiger partial charge in [-0.25, -0.2) is 18.9 Å². The van der Waals surface area contributed by atoms with E-state index in [1.807, 2.05) is 50.3 Å². The van der Waals surface area contributed by atoms with Crippen LogP contribution in [0, 0.1) is 6.92 Å². The van der Waals surface area contributed by atoms with Crippen molar-refractivity contribution < 1.29 is 4.39 Å². The summed E-state index contributed by atoms with van der Waals surface area (Å²) >= 11 is 0. The highest BCUT2D eigenvalue weighted by Crippen LogP contribution is 2.31. The van der Waals surface area contributed by atoms with Crippen molar-refractivity contribution in [3.63, 3.8) is 0 Å². The number of rotatable bonds is 5. The molecule has 0 amide bonds. The number of imidazole rings is 1. The second-order valence-electron chi connectivity index (χ2n) is 8.71. The van der Waals surface area contributed by atoms with E-state index in [2.05, 4.69) is 44.1 Å². The molecular formula is C22H28FN9. The van der Waals surface area contributed by atoms with Crippen molar-refractivity contribution in [1.29, 1.82) is 0 Å². The predicted molar refractivity (Wildman–Crippen MR) is 124 cm³/mol. The van der Waals surface area contributed by atoms with Crippen LogP contribution in [0.25, 0.3) is 27.9 Å².